The molecule has 0 N–H and O–H groups in total. The number of imidazole rings is 1. The summed E-state index contributed by atoms with van der Waals surface area (Å²) < 4.78 is 2.89. The molecule has 2 aromatic rings. The largest absolute Gasteiger partial charge is 0.391 e. The average molecular weight is 314 g/mol. The lowest BCUT2D eigenvalue weighted by Gasteiger charge is -2.07. The summed E-state index contributed by atoms with van der Waals surface area (Å²) >= 11 is 5.04. The smallest absolute Gasteiger partial charge is 0.194 e. The van der Waals surface area contributed by atoms with Crippen LogP contribution in [0.25, 0.3) is 0 Å². The van der Waals surface area contributed by atoms with E-state index in [2.05, 4.69) is 26.1 Å². The number of nitrogens with zero attached hydrogens (tertiary/aromatic N) is 3. The van der Waals surface area contributed by atoms with Crippen LogP contribution in [0.4, 0.5) is 0 Å². The van der Waals surface area contributed by atoms with Crippen molar-refractivity contribution in [2.45, 2.75) is 20.0 Å². The molecular weight excluding hydrogens is 302 g/mol. The van der Waals surface area contributed by atoms with E-state index in [1.54, 1.807) is 23.9 Å². The number of hydrogen-bond acceptors (Lipinski definition) is 4. The van der Waals surface area contributed by atoms with Crippen molar-refractivity contribution in [3.63, 3.8) is 0 Å². The van der Waals surface area contributed by atoms with Gasteiger partial charge in [-0.2, -0.15) is 0 Å². The van der Waals surface area contributed by atoms with Crippen LogP contribution in [0.1, 0.15) is 18.7 Å². The molecule has 0 fully saturated rings. The number of hydrogen-bond donors (Lipinski definition) is 0. The molecule has 0 aliphatic carbocycles. The fourth-order valence-electron chi connectivity index (χ4n) is 1.19. The lowest BCUT2D eigenvalue weighted by molar-refractivity contribution is 0.0854. The quantitative estimate of drug-likeness (QED) is 0.495. The molecule has 0 saturated heterocycles. The van der Waals surface area contributed by atoms with E-state index < -0.39 is 0 Å². The van der Waals surface area contributed by atoms with Gasteiger partial charge >= 0.3 is 0 Å². The van der Waals surface area contributed by atoms with Crippen molar-refractivity contribution in [2.75, 3.05) is 0 Å². The van der Waals surface area contributed by atoms with E-state index in [4.69, 9.17) is 4.84 Å². The van der Waals surface area contributed by atoms with Crippen LogP contribution < -0.4 is 0 Å². The van der Waals surface area contributed by atoms with E-state index in [1.807, 2.05) is 36.7 Å². The summed E-state index contributed by atoms with van der Waals surface area (Å²) in [6, 6.07) is 3.99. The van der Waals surface area contributed by atoms with Crippen molar-refractivity contribution in [1.29, 1.82) is 0 Å². The van der Waals surface area contributed by atoms with Gasteiger partial charge in [-0.05, 0) is 41.9 Å². The standard InChI is InChI=1S/C11H12BrN3OS/c1-8(2)16-14-11(15-6-5-13-7-15)9-3-4-10(12)17-9/h3-8H,1-2H3. The van der Waals surface area contributed by atoms with Gasteiger partial charge in [0.05, 0.1) is 8.66 Å². The first-order chi connectivity index (χ1) is 8.16. The van der Waals surface area contributed by atoms with Crippen molar-refractivity contribution in [1.82, 2.24) is 9.55 Å². The third-order valence-electron chi connectivity index (χ3n) is 1.89. The molecule has 0 aliphatic rings. The van der Waals surface area contributed by atoms with Crippen LogP contribution in [0.3, 0.4) is 0 Å². The van der Waals surface area contributed by atoms with Gasteiger partial charge in [-0.15, -0.1) is 11.3 Å². The van der Waals surface area contributed by atoms with Gasteiger partial charge in [0.25, 0.3) is 0 Å². The number of halogens is 1. The summed E-state index contributed by atoms with van der Waals surface area (Å²) in [5.74, 6) is 0.743. The molecule has 0 aliphatic heterocycles. The van der Waals surface area contributed by atoms with E-state index in [0.29, 0.717) is 0 Å². The van der Waals surface area contributed by atoms with Crippen LogP contribution in [0, 0.1) is 0 Å². The first-order valence-corrected chi connectivity index (χ1v) is 6.75. The second-order valence-electron chi connectivity index (χ2n) is 3.64. The molecule has 2 aromatic heterocycles. The lowest BCUT2D eigenvalue weighted by atomic mass is 10.4. The normalized spacial score (nSPS) is 12.1. The highest BCUT2D eigenvalue weighted by molar-refractivity contribution is 9.11. The molecular formula is C11H12BrN3OS. The molecule has 90 valence electrons. The third-order valence-corrected chi connectivity index (χ3v) is 3.51. The van der Waals surface area contributed by atoms with Gasteiger partial charge < -0.3 is 4.84 Å². The molecule has 0 amide bonds. The van der Waals surface area contributed by atoms with Gasteiger partial charge in [-0.3, -0.25) is 4.57 Å². The first-order valence-electron chi connectivity index (χ1n) is 5.14. The molecule has 2 heterocycles. The molecule has 2 rings (SSSR count). The molecule has 4 nitrogen and oxygen atoms in total. The zero-order valence-electron chi connectivity index (χ0n) is 9.50. The Balaban J connectivity index is 2.34. The predicted molar refractivity (Wildman–Crippen MR) is 72.4 cm³/mol. The maximum absolute atomic E-state index is 5.32. The molecule has 17 heavy (non-hydrogen) atoms. The number of rotatable bonds is 3. The second-order valence-corrected chi connectivity index (χ2v) is 6.11. The first kappa shape index (κ1) is 12.3. The van der Waals surface area contributed by atoms with Gasteiger partial charge in [0.2, 0.25) is 0 Å². The monoisotopic (exact) mass is 313 g/mol. The highest BCUT2D eigenvalue weighted by Gasteiger charge is 2.10. The second kappa shape index (κ2) is 5.46. The molecule has 0 spiro atoms. The molecule has 0 radical (unpaired) electrons. The van der Waals surface area contributed by atoms with E-state index in [9.17, 15) is 0 Å². The fraction of sp³-hybridized carbons (Fsp3) is 0.273. The summed E-state index contributed by atoms with van der Waals surface area (Å²) in [5.41, 5.74) is 0. The van der Waals surface area contributed by atoms with Crippen LogP contribution in [-0.2, 0) is 4.84 Å². The van der Waals surface area contributed by atoms with Crippen LogP contribution >= 0.6 is 27.3 Å². The molecule has 0 atom stereocenters. The molecule has 0 aromatic carbocycles. The zero-order valence-corrected chi connectivity index (χ0v) is 11.9. The zero-order chi connectivity index (χ0) is 12.3. The van der Waals surface area contributed by atoms with Crippen LogP contribution in [-0.4, -0.2) is 21.5 Å². The maximum atomic E-state index is 5.32. The topological polar surface area (TPSA) is 39.4 Å². The van der Waals surface area contributed by atoms with Gasteiger partial charge in [0.15, 0.2) is 5.84 Å². The Labute approximate surface area is 112 Å². The molecule has 6 heteroatoms. The summed E-state index contributed by atoms with van der Waals surface area (Å²) in [5, 5.41) is 4.18. The van der Waals surface area contributed by atoms with Crippen LogP contribution in [0.2, 0.25) is 0 Å². The Kier molecular flexibility index (Phi) is 3.96. The predicted octanol–water partition coefficient (Wildman–Crippen LogP) is 3.34. The minimum Gasteiger partial charge on any atom is -0.391 e. The van der Waals surface area contributed by atoms with Gasteiger partial charge in [0, 0.05) is 12.4 Å². The van der Waals surface area contributed by atoms with Crippen molar-refractivity contribution in [3.05, 3.63) is 39.5 Å². The molecule has 0 unspecified atom stereocenters. The SMILES string of the molecule is CC(C)ON=C(c1ccc(Br)s1)n1ccnc1. The van der Waals surface area contributed by atoms with Crippen molar-refractivity contribution >= 4 is 33.1 Å². The minimum absolute atomic E-state index is 0.0527. The highest BCUT2D eigenvalue weighted by Crippen LogP contribution is 2.23. The Bertz CT molecular complexity index is 505. The van der Waals surface area contributed by atoms with E-state index >= 15 is 0 Å². The number of oxime groups is 1. The lowest BCUT2D eigenvalue weighted by Crippen LogP contribution is -2.12. The van der Waals surface area contributed by atoms with Crippen LogP contribution in [0.15, 0.2) is 39.8 Å². The van der Waals surface area contributed by atoms with Crippen LogP contribution in [0.5, 0.6) is 0 Å². The van der Waals surface area contributed by atoms with E-state index in [-0.39, 0.29) is 6.10 Å². The summed E-state index contributed by atoms with van der Waals surface area (Å²) in [6.45, 7) is 3.89. The average Bonchev–Trinajstić information content (AvgIpc) is 2.90. The summed E-state index contributed by atoms with van der Waals surface area (Å²) in [4.78, 5) is 10.4. The Hall–Kier alpha value is -1.14. The van der Waals surface area contributed by atoms with E-state index in [0.717, 1.165) is 14.5 Å². The molecule has 0 saturated carbocycles. The third kappa shape index (κ3) is 3.17. The Morgan fingerprint density at radius 2 is 2.35 bits per heavy atom. The van der Waals surface area contributed by atoms with Gasteiger partial charge in [-0.1, -0.05) is 5.16 Å². The van der Waals surface area contributed by atoms with Crippen molar-refractivity contribution in [2.24, 2.45) is 5.16 Å². The number of thiophene rings is 1. The number of aromatic nitrogens is 2. The Morgan fingerprint density at radius 3 is 2.88 bits per heavy atom. The Morgan fingerprint density at radius 1 is 1.53 bits per heavy atom. The van der Waals surface area contributed by atoms with Crippen molar-refractivity contribution in [3.8, 4) is 0 Å². The fourth-order valence-corrected chi connectivity index (χ4v) is 2.57. The maximum Gasteiger partial charge on any atom is 0.194 e. The highest BCUT2D eigenvalue weighted by atomic mass is 79.9. The van der Waals surface area contributed by atoms with Gasteiger partial charge in [0.1, 0.15) is 12.4 Å². The minimum atomic E-state index is 0.0527. The van der Waals surface area contributed by atoms with E-state index in [1.165, 1.54) is 0 Å². The molecule has 0 bridgehead atoms. The summed E-state index contributed by atoms with van der Waals surface area (Å²) in [7, 11) is 0. The summed E-state index contributed by atoms with van der Waals surface area (Å²) in [6.07, 6.45) is 5.32. The van der Waals surface area contributed by atoms with Crippen molar-refractivity contribution < 1.29 is 4.84 Å². The van der Waals surface area contributed by atoms with Gasteiger partial charge in [-0.25, -0.2) is 4.98 Å².